The third kappa shape index (κ3) is 2.36. The third-order valence-electron chi connectivity index (χ3n) is 2.51. The van der Waals surface area contributed by atoms with Gasteiger partial charge < -0.3 is 10.5 Å². The van der Waals surface area contributed by atoms with Gasteiger partial charge in [0.2, 0.25) is 0 Å². The number of methoxy groups -OCH3 is 1. The molecule has 1 aromatic rings. The van der Waals surface area contributed by atoms with Crippen LogP contribution in [0.2, 0.25) is 5.02 Å². The van der Waals surface area contributed by atoms with Gasteiger partial charge >= 0.3 is 0 Å². The molecule has 0 saturated carbocycles. The van der Waals surface area contributed by atoms with E-state index in [-0.39, 0.29) is 5.78 Å². The van der Waals surface area contributed by atoms with Crippen LogP contribution in [-0.4, -0.2) is 19.4 Å². The first-order valence-electron chi connectivity index (χ1n) is 5.09. The van der Waals surface area contributed by atoms with E-state index >= 15 is 0 Å². The monoisotopic (exact) mass is 241 g/mol. The Balaban J connectivity index is 3.33. The SMILES string of the molecule is COc1c(C)cc(Cl)c(C(=O)CCN)c1C. The highest BCUT2D eigenvalue weighted by Gasteiger charge is 2.17. The van der Waals surface area contributed by atoms with Gasteiger partial charge in [-0.15, -0.1) is 0 Å². The molecule has 0 aliphatic rings. The number of carbonyl (C=O) groups is 1. The predicted molar refractivity (Wildman–Crippen MR) is 65.5 cm³/mol. The van der Waals surface area contributed by atoms with Gasteiger partial charge in [0, 0.05) is 17.5 Å². The van der Waals surface area contributed by atoms with Gasteiger partial charge in [0.25, 0.3) is 0 Å². The molecular formula is C12H16ClNO2. The number of benzene rings is 1. The summed E-state index contributed by atoms with van der Waals surface area (Å²) in [5, 5.41) is 0.467. The first-order valence-corrected chi connectivity index (χ1v) is 5.47. The maximum atomic E-state index is 11.8. The number of halogens is 1. The first kappa shape index (κ1) is 13.0. The van der Waals surface area contributed by atoms with E-state index in [9.17, 15) is 4.79 Å². The molecule has 1 rings (SSSR count). The zero-order chi connectivity index (χ0) is 12.3. The van der Waals surface area contributed by atoms with Crippen LogP contribution in [0.1, 0.15) is 27.9 Å². The van der Waals surface area contributed by atoms with Crippen molar-refractivity contribution in [2.75, 3.05) is 13.7 Å². The summed E-state index contributed by atoms with van der Waals surface area (Å²) >= 11 is 6.08. The minimum atomic E-state index is -0.0386. The molecule has 0 atom stereocenters. The average molecular weight is 242 g/mol. The Morgan fingerprint density at radius 3 is 2.62 bits per heavy atom. The number of Topliss-reactive ketones (excluding diaryl/α,β-unsaturated/α-hetero) is 1. The molecule has 1 aromatic carbocycles. The Hall–Kier alpha value is -1.06. The summed E-state index contributed by atoms with van der Waals surface area (Å²) in [6, 6.07) is 1.75. The number of hydrogen-bond donors (Lipinski definition) is 1. The highest BCUT2D eigenvalue weighted by atomic mass is 35.5. The molecule has 4 heteroatoms. The summed E-state index contributed by atoms with van der Waals surface area (Å²) in [5.41, 5.74) is 7.60. The quantitative estimate of drug-likeness (QED) is 0.824. The van der Waals surface area contributed by atoms with Crippen molar-refractivity contribution < 1.29 is 9.53 Å². The van der Waals surface area contributed by atoms with Crippen molar-refractivity contribution in [2.24, 2.45) is 5.73 Å². The number of ether oxygens (including phenoxy) is 1. The summed E-state index contributed by atoms with van der Waals surface area (Å²) in [7, 11) is 1.58. The standard InChI is InChI=1S/C12H16ClNO2/c1-7-6-9(13)11(10(15)4-5-14)8(2)12(7)16-3/h6H,4-5,14H2,1-3H3. The number of carbonyl (C=O) groups excluding carboxylic acids is 1. The highest BCUT2D eigenvalue weighted by Crippen LogP contribution is 2.32. The van der Waals surface area contributed by atoms with E-state index in [1.165, 1.54) is 0 Å². The normalized spacial score (nSPS) is 10.3. The van der Waals surface area contributed by atoms with Crippen LogP contribution in [0.15, 0.2) is 6.07 Å². The van der Waals surface area contributed by atoms with Crippen LogP contribution >= 0.6 is 11.6 Å². The van der Waals surface area contributed by atoms with Crippen LogP contribution in [-0.2, 0) is 0 Å². The van der Waals surface area contributed by atoms with Gasteiger partial charge in [-0.3, -0.25) is 4.79 Å². The molecule has 0 fully saturated rings. The summed E-state index contributed by atoms with van der Waals surface area (Å²) in [4.78, 5) is 11.8. The number of hydrogen-bond acceptors (Lipinski definition) is 3. The van der Waals surface area contributed by atoms with Gasteiger partial charge in [0.15, 0.2) is 5.78 Å². The smallest absolute Gasteiger partial charge is 0.166 e. The van der Waals surface area contributed by atoms with Gasteiger partial charge in [-0.2, -0.15) is 0 Å². The van der Waals surface area contributed by atoms with Crippen LogP contribution in [0.4, 0.5) is 0 Å². The van der Waals surface area contributed by atoms with Gasteiger partial charge in [-0.1, -0.05) is 11.6 Å². The molecule has 0 aromatic heterocycles. The predicted octanol–water partition coefficient (Wildman–Crippen LogP) is 2.50. The molecule has 0 radical (unpaired) electrons. The van der Waals surface area contributed by atoms with E-state index in [2.05, 4.69) is 0 Å². The average Bonchev–Trinajstić information content (AvgIpc) is 2.17. The molecule has 88 valence electrons. The second-order valence-corrected chi connectivity index (χ2v) is 4.08. The topological polar surface area (TPSA) is 52.3 Å². The fraction of sp³-hybridized carbons (Fsp3) is 0.417. The lowest BCUT2D eigenvalue weighted by Gasteiger charge is -2.14. The van der Waals surface area contributed by atoms with Crippen molar-refractivity contribution in [3.05, 3.63) is 27.8 Å². The molecule has 0 aliphatic heterocycles. The maximum Gasteiger partial charge on any atom is 0.166 e. The number of ketones is 1. The lowest BCUT2D eigenvalue weighted by atomic mass is 9.99. The van der Waals surface area contributed by atoms with Gasteiger partial charge in [0.1, 0.15) is 5.75 Å². The van der Waals surface area contributed by atoms with E-state index in [1.807, 2.05) is 13.8 Å². The molecule has 0 bridgehead atoms. The van der Waals surface area contributed by atoms with E-state index in [0.29, 0.717) is 29.3 Å². The molecule has 2 N–H and O–H groups in total. The fourth-order valence-electron chi connectivity index (χ4n) is 1.83. The van der Waals surface area contributed by atoms with Crippen LogP contribution in [0.3, 0.4) is 0 Å². The van der Waals surface area contributed by atoms with Crippen molar-refractivity contribution in [2.45, 2.75) is 20.3 Å². The molecule has 0 saturated heterocycles. The summed E-state index contributed by atoms with van der Waals surface area (Å²) in [5.74, 6) is 0.674. The van der Waals surface area contributed by atoms with Gasteiger partial charge in [-0.05, 0) is 32.0 Å². The summed E-state index contributed by atoms with van der Waals surface area (Å²) < 4.78 is 5.26. The maximum absolute atomic E-state index is 11.8. The molecule has 0 aliphatic carbocycles. The Labute approximate surface area is 101 Å². The molecular weight excluding hydrogens is 226 g/mol. The molecule has 0 amide bonds. The van der Waals surface area contributed by atoms with Gasteiger partial charge in [0.05, 0.1) is 12.1 Å². The largest absolute Gasteiger partial charge is 0.496 e. The zero-order valence-electron chi connectivity index (χ0n) is 9.76. The molecule has 0 heterocycles. The molecule has 0 spiro atoms. The van der Waals surface area contributed by atoms with Crippen LogP contribution in [0.5, 0.6) is 5.75 Å². The van der Waals surface area contributed by atoms with Crippen molar-refractivity contribution in [3.8, 4) is 5.75 Å². The first-order chi connectivity index (χ1) is 7.52. The second-order valence-electron chi connectivity index (χ2n) is 3.67. The Morgan fingerprint density at radius 2 is 2.12 bits per heavy atom. The van der Waals surface area contributed by atoms with Crippen molar-refractivity contribution in [1.29, 1.82) is 0 Å². The summed E-state index contributed by atoms with van der Waals surface area (Å²) in [6.45, 7) is 4.06. The fourth-order valence-corrected chi connectivity index (χ4v) is 2.24. The van der Waals surface area contributed by atoms with Crippen molar-refractivity contribution in [3.63, 3.8) is 0 Å². The van der Waals surface area contributed by atoms with Crippen LogP contribution in [0, 0.1) is 13.8 Å². The molecule has 3 nitrogen and oxygen atoms in total. The minimum absolute atomic E-state index is 0.0386. The Bertz CT molecular complexity index is 416. The second kappa shape index (κ2) is 5.32. The minimum Gasteiger partial charge on any atom is -0.496 e. The number of nitrogens with two attached hydrogens (primary N) is 1. The highest BCUT2D eigenvalue weighted by molar-refractivity contribution is 6.34. The van der Waals surface area contributed by atoms with Crippen molar-refractivity contribution in [1.82, 2.24) is 0 Å². The van der Waals surface area contributed by atoms with Gasteiger partial charge in [-0.25, -0.2) is 0 Å². The van der Waals surface area contributed by atoms with E-state index < -0.39 is 0 Å². The van der Waals surface area contributed by atoms with Crippen molar-refractivity contribution >= 4 is 17.4 Å². The van der Waals surface area contributed by atoms with E-state index in [4.69, 9.17) is 22.1 Å². The van der Waals surface area contributed by atoms with Crippen LogP contribution in [0.25, 0.3) is 0 Å². The molecule has 0 unspecified atom stereocenters. The zero-order valence-corrected chi connectivity index (χ0v) is 10.5. The van der Waals surface area contributed by atoms with E-state index in [1.54, 1.807) is 13.2 Å². The lowest BCUT2D eigenvalue weighted by Crippen LogP contribution is -2.11. The number of rotatable bonds is 4. The Kier molecular flexibility index (Phi) is 4.33. The number of aryl methyl sites for hydroxylation is 1. The lowest BCUT2D eigenvalue weighted by molar-refractivity contribution is 0.0984. The molecule has 16 heavy (non-hydrogen) atoms. The van der Waals surface area contributed by atoms with E-state index in [0.717, 1.165) is 11.1 Å². The Morgan fingerprint density at radius 1 is 1.50 bits per heavy atom. The third-order valence-corrected chi connectivity index (χ3v) is 2.81. The van der Waals surface area contributed by atoms with Crippen LogP contribution < -0.4 is 10.5 Å². The summed E-state index contributed by atoms with van der Waals surface area (Å²) in [6.07, 6.45) is 0.298.